The molecule has 5 heteroatoms. The number of carbonyl (C=O) groups excluding carboxylic acids is 1. The maximum atomic E-state index is 12.4. The summed E-state index contributed by atoms with van der Waals surface area (Å²) in [6, 6.07) is 5.97. The van der Waals surface area contributed by atoms with Crippen LogP contribution in [0.1, 0.15) is 16.7 Å². The summed E-state index contributed by atoms with van der Waals surface area (Å²) in [4.78, 5) is 26.6. The van der Waals surface area contributed by atoms with E-state index in [0.29, 0.717) is 13.1 Å². The van der Waals surface area contributed by atoms with Crippen LogP contribution >= 0.6 is 0 Å². The first-order valence-corrected chi connectivity index (χ1v) is 7.00. The molecule has 0 saturated heterocycles. The number of amides is 1. The van der Waals surface area contributed by atoms with Gasteiger partial charge in [-0.25, -0.2) is 0 Å². The van der Waals surface area contributed by atoms with Crippen molar-refractivity contribution in [1.82, 2.24) is 9.80 Å². The molecule has 1 aromatic rings. The van der Waals surface area contributed by atoms with Gasteiger partial charge in [0.05, 0.1) is 6.42 Å². The molecule has 0 aliphatic heterocycles. The van der Waals surface area contributed by atoms with Crippen LogP contribution in [0.3, 0.4) is 0 Å². The number of aliphatic carboxylic acids is 1. The van der Waals surface area contributed by atoms with Crippen LogP contribution in [-0.4, -0.2) is 60.5 Å². The van der Waals surface area contributed by atoms with E-state index in [1.807, 2.05) is 51.0 Å². The summed E-state index contributed by atoms with van der Waals surface area (Å²) in [5.41, 5.74) is 3.11. The van der Waals surface area contributed by atoms with Crippen LogP contribution in [0, 0.1) is 13.8 Å². The van der Waals surface area contributed by atoms with Crippen LogP contribution in [0.2, 0.25) is 0 Å². The molecular formula is C16H24N2O3. The maximum absolute atomic E-state index is 12.4. The fourth-order valence-corrected chi connectivity index (χ4v) is 2.04. The minimum Gasteiger partial charge on any atom is -0.480 e. The second-order valence-corrected chi connectivity index (χ2v) is 5.62. The Balaban J connectivity index is 2.79. The Hall–Kier alpha value is -1.88. The van der Waals surface area contributed by atoms with Gasteiger partial charge in [0.1, 0.15) is 6.54 Å². The smallest absolute Gasteiger partial charge is 0.323 e. The Labute approximate surface area is 126 Å². The molecule has 0 unspecified atom stereocenters. The molecule has 1 rings (SSSR count). The quantitative estimate of drug-likeness (QED) is 0.823. The third-order valence-electron chi connectivity index (χ3n) is 3.34. The topological polar surface area (TPSA) is 60.9 Å². The Bertz CT molecular complexity index is 512. The SMILES string of the molecule is Cc1ccc(C)c(CC(=O)N(CCN(C)C)CC(=O)O)c1. The number of benzene rings is 1. The zero-order chi connectivity index (χ0) is 16.0. The monoisotopic (exact) mass is 292 g/mol. The highest BCUT2D eigenvalue weighted by Gasteiger charge is 2.18. The molecule has 1 aromatic carbocycles. The summed E-state index contributed by atoms with van der Waals surface area (Å²) < 4.78 is 0. The number of hydrogen-bond acceptors (Lipinski definition) is 3. The predicted molar refractivity (Wildman–Crippen MR) is 82.4 cm³/mol. The summed E-state index contributed by atoms with van der Waals surface area (Å²) in [7, 11) is 3.79. The van der Waals surface area contributed by atoms with Crippen LogP contribution in [0.4, 0.5) is 0 Å². The first kappa shape index (κ1) is 17.2. The largest absolute Gasteiger partial charge is 0.480 e. The van der Waals surface area contributed by atoms with Gasteiger partial charge in [-0.15, -0.1) is 0 Å². The first-order valence-electron chi connectivity index (χ1n) is 7.00. The molecule has 0 spiro atoms. The van der Waals surface area contributed by atoms with Crippen molar-refractivity contribution in [1.29, 1.82) is 0 Å². The molecule has 0 heterocycles. The Morgan fingerprint density at radius 3 is 2.38 bits per heavy atom. The second-order valence-electron chi connectivity index (χ2n) is 5.62. The zero-order valence-corrected chi connectivity index (χ0v) is 13.2. The highest BCUT2D eigenvalue weighted by atomic mass is 16.4. The molecule has 0 fully saturated rings. The van der Waals surface area contributed by atoms with Crippen LogP contribution in [0.5, 0.6) is 0 Å². The average molecular weight is 292 g/mol. The summed E-state index contributed by atoms with van der Waals surface area (Å²) in [5, 5.41) is 8.96. The summed E-state index contributed by atoms with van der Waals surface area (Å²) in [5.74, 6) is -1.13. The van der Waals surface area contributed by atoms with E-state index in [2.05, 4.69) is 0 Å². The van der Waals surface area contributed by atoms with Crippen molar-refractivity contribution in [2.24, 2.45) is 0 Å². The first-order chi connectivity index (χ1) is 9.79. The minimum atomic E-state index is -0.983. The number of aryl methyl sites for hydroxylation is 2. The summed E-state index contributed by atoms with van der Waals surface area (Å²) in [6.45, 7) is 4.75. The third kappa shape index (κ3) is 5.95. The van der Waals surface area contributed by atoms with Gasteiger partial charge < -0.3 is 14.9 Å². The molecule has 0 aliphatic rings. The number of rotatable bonds is 7. The van der Waals surface area contributed by atoms with Crippen molar-refractivity contribution in [2.45, 2.75) is 20.3 Å². The number of likely N-dealkylation sites (N-methyl/N-ethyl adjacent to an activating group) is 1. The van der Waals surface area contributed by atoms with E-state index in [-0.39, 0.29) is 18.9 Å². The maximum Gasteiger partial charge on any atom is 0.323 e. The molecule has 0 saturated carbocycles. The van der Waals surface area contributed by atoms with Gasteiger partial charge in [0.25, 0.3) is 0 Å². The van der Waals surface area contributed by atoms with Gasteiger partial charge in [0.2, 0.25) is 5.91 Å². The van der Waals surface area contributed by atoms with E-state index in [0.717, 1.165) is 16.7 Å². The summed E-state index contributed by atoms with van der Waals surface area (Å²) >= 11 is 0. The number of carbonyl (C=O) groups is 2. The van der Waals surface area contributed by atoms with Crippen LogP contribution < -0.4 is 0 Å². The van der Waals surface area contributed by atoms with Crippen molar-refractivity contribution >= 4 is 11.9 Å². The lowest BCUT2D eigenvalue weighted by atomic mass is 10.0. The second kappa shape index (κ2) is 7.78. The van der Waals surface area contributed by atoms with E-state index in [9.17, 15) is 9.59 Å². The molecule has 0 atom stereocenters. The van der Waals surface area contributed by atoms with Gasteiger partial charge in [-0.05, 0) is 39.1 Å². The molecule has 5 nitrogen and oxygen atoms in total. The van der Waals surface area contributed by atoms with E-state index < -0.39 is 5.97 Å². The minimum absolute atomic E-state index is 0.145. The predicted octanol–water partition coefficient (Wildman–Crippen LogP) is 1.32. The normalized spacial score (nSPS) is 10.7. The van der Waals surface area contributed by atoms with Gasteiger partial charge in [0, 0.05) is 13.1 Å². The van der Waals surface area contributed by atoms with Crippen LogP contribution in [0.15, 0.2) is 18.2 Å². The highest BCUT2D eigenvalue weighted by molar-refractivity contribution is 5.83. The molecule has 1 N–H and O–H groups in total. The molecular weight excluding hydrogens is 268 g/mol. The zero-order valence-electron chi connectivity index (χ0n) is 13.2. The van der Waals surface area contributed by atoms with Gasteiger partial charge in [-0.3, -0.25) is 9.59 Å². The number of carboxylic acid groups (broad SMARTS) is 1. The Kier molecular flexibility index (Phi) is 6.37. The Morgan fingerprint density at radius 2 is 1.81 bits per heavy atom. The van der Waals surface area contributed by atoms with E-state index >= 15 is 0 Å². The number of nitrogens with zero attached hydrogens (tertiary/aromatic N) is 2. The van der Waals surface area contributed by atoms with Gasteiger partial charge in [0.15, 0.2) is 0 Å². The third-order valence-corrected chi connectivity index (χ3v) is 3.34. The molecule has 116 valence electrons. The fourth-order valence-electron chi connectivity index (χ4n) is 2.04. The van der Waals surface area contributed by atoms with Crippen LogP contribution in [-0.2, 0) is 16.0 Å². The molecule has 1 amide bonds. The van der Waals surface area contributed by atoms with Crippen LogP contribution in [0.25, 0.3) is 0 Å². The Morgan fingerprint density at radius 1 is 1.14 bits per heavy atom. The number of carboxylic acids is 1. The van der Waals surface area contributed by atoms with Gasteiger partial charge >= 0.3 is 5.97 Å². The summed E-state index contributed by atoms with van der Waals surface area (Å²) in [6.07, 6.45) is 0.244. The molecule has 0 radical (unpaired) electrons. The highest BCUT2D eigenvalue weighted by Crippen LogP contribution is 2.12. The molecule has 0 aliphatic carbocycles. The lowest BCUT2D eigenvalue weighted by Crippen LogP contribution is -2.40. The molecule has 21 heavy (non-hydrogen) atoms. The van der Waals surface area contributed by atoms with Gasteiger partial charge in [-0.1, -0.05) is 23.8 Å². The van der Waals surface area contributed by atoms with Crippen molar-refractivity contribution < 1.29 is 14.7 Å². The van der Waals surface area contributed by atoms with Crippen molar-refractivity contribution in [3.63, 3.8) is 0 Å². The van der Waals surface area contributed by atoms with Crippen molar-refractivity contribution in [2.75, 3.05) is 33.7 Å². The lowest BCUT2D eigenvalue weighted by molar-refractivity contribution is -0.144. The molecule has 0 aromatic heterocycles. The van der Waals surface area contributed by atoms with Crippen molar-refractivity contribution in [3.8, 4) is 0 Å². The van der Waals surface area contributed by atoms with Crippen molar-refractivity contribution in [3.05, 3.63) is 34.9 Å². The molecule has 0 bridgehead atoms. The van der Waals surface area contributed by atoms with Gasteiger partial charge in [-0.2, -0.15) is 0 Å². The van der Waals surface area contributed by atoms with E-state index in [4.69, 9.17) is 5.11 Å². The number of hydrogen-bond donors (Lipinski definition) is 1. The standard InChI is InChI=1S/C16H24N2O3/c1-12-5-6-13(2)14(9-12)10-15(19)18(11-16(20)21)8-7-17(3)4/h5-6,9H,7-8,10-11H2,1-4H3,(H,20,21). The fraction of sp³-hybridized carbons (Fsp3) is 0.500. The van der Waals surface area contributed by atoms with E-state index in [1.54, 1.807) is 0 Å². The average Bonchev–Trinajstić information content (AvgIpc) is 2.38. The van der Waals surface area contributed by atoms with E-state index in [1.165, 1.54) is 4.90 Å². The lowest BCUT2D eigenvalue weighted by Gasteiger charge is -2.23.